The van der Waals surface area contributed by atoms with Crippen molar-refractivity contribution in [3.63, 3.8) is 0 Å². The number of carbonyl (C=O) groups is 1. The molecule has 1 atom stereocenters. The van der Waals surface area contributed by atoms with Crippen LogP contribution in [0.1, 0.15) is 12.1 Å². The molecule has 2 heterocycles. The van der Waals surface area contributed by atoms with Crippen LogP contribution in [0.2, 0.25) is 0 Å². The summed E-state index contributed by atoms with van der Waals surface area (Å²) in [5.41, 5.74) is 1.14. The van der Waals surface area contributed by atoms with Gasteiger partial charge in [-0.15, -0.1) is 0 Å². The molecule has 1 aliphatic rings. The first-order valence-electron chi connectivity index (χ1n) is 7.88. The Morgan fingerprint density at radius 3 is 2.78 bits per heavy atom. The molecule has 1 aliphatic heterocycles. The minimum absolute atomic E-state index is 0.0163. The summed E-state index contributed by atoms with van der Waals surface area (Å²) in [5, 5.41) is 0. The molecule has 5 nitrogen and oxygen atoms in total. The van der Waals surface area contributed by atoms with E-state index in [0.29, 0.717) is 26.1 Å². The van der Waals surface area contributed by atoms with E-state index in [2.05, 4.69) is 10.6 Å². The Kier molecular flexibility index (Phi) is 4.98. The molecule has 1 amide bonds. The number of amides is 1. The lowest BCUT2D eigenvalue weighted by atomic mass is 10.3. The molecule has 0 bridgehead atoms. The standard InChI is InChI=1S/C18H22N2O3/c1-22-17-13-19-10-5-6-15(19)12-20(14-17)18(21)9-11-23-16-7-3-2-4-8-16/h2-8,10,17H,9,11-14H2,1H3. The number of aromatic nitrogens is 1. The summed E-state index contributed by atoms with van der Waals surface area (Å²) in [6.07, 6.45) is 2.42. The number of fused-ring (bicyclic) bond motifs is 1. The molecule has 2 aromatic rings. The lowest BCUT2D eigenvalue weighted by Gasteiger charge is -2.23. The average Bonchev–Trinajstić information content (AvgIpc) is 2.93. The number of hydrogen-bond acceptors (Lipinski definition) is 3. The fraction of sp³-hybridized carbons (Fsp3) is 0.389. The predicted molar refractivity (Wildman–Crippen MR) is 87.2 cm³/mol. The van der Waals surface area contributed by atoms with Gasteiger partial charge in [0.1, 0.15) is 5.75 Å². The highest BCUT2D eigenvalue weighted by molar-refractivity contribution is 5.76. The Hall–Kier alpha value is -2.27. The van der Waals surface area contributed by atoms with Crippen molar-refractivity contribution in [2.75, 3.05) is 20.3 Å². The van der Waals surface area contributed by atoms with Gasteiger partial charge in [0.15, 0.2) is 0 Å². The maximum atomic E-state index is 12.5. The van der Waals surface area contributed by atoms with Crippen molar-refractivity contribution in [1.82, 2.24) is 9.47 Å². The van der Waals surface area contributed by atoms with Crippen molar-refractivity contribution in [3.8, 4) is 5.75 Å². The zero-order valence-corrected chi connectivity index (χ0v) is 13.4. The number of methoxy groups -OCH3 is 1. The number of rotatable bonds is 5. The third kappa shape index (κ3) is 3.93. The number of ether oxygens (including phenoxy) is 2. The molecule has 5 heteroatoms. The summed E-state index contributed by atoms with van der Waals surface area (Å²) in [6, 6.07) is 13.6. The average molecular weight is 314 g/mol. The highest BCUT2D eigenvalue weighted by Gasteiger charge is 2.24. The summed E-state index contributed by atoms with van der Waals surface area (Å²) in [4.78, 5) is 14.4. The fourth-order valence-electron chi connectivity index (χ4n) is 2.82. The van der Waals surface area contributed by atoms with E-state index in [9.17, 15) is 4.79 Å². The van der Waals surface area contributed by atoms with Gasteiger partial charge in [0.25, 0.3) is 0 Å². The first kappa shape index (κ1) is 15.6. The Bertz CT molecular complexity index is 639. The van der Waals surface area contributed by atoms with Gasteiger partial charge in [-0.2, -0.15) is 0 Å². The van der Waals surface area contributed by atoms with E-state index < -0.39 is 0 Å². The zero-order chi connectivity index (χ0) is 16.1. The fourth-order valence-corrected chi connectivity index (χ4v) is 2.82. The highest BCUT2D eigenvalue weighted by atomic mass is 16.5. The SMILES string of the molecule is COC1CN(C(=O)CCOc2ccccc2)Cc2cccn2C1. The van der Waals surface area contributed by atoms with E-state index in [-0.39, 0.29) is 12.0 Å². The smallest absolute Gasteiger partial charge is 0.226 e. The Morgan fingerprint density at radius 2 is 2.00 bits per heavy atom. The minimum Gasteiger partial charge on any atom is -0.493 e. The minimum atomic E-state index is 0.0163. The number of carbonyl (C=O) groups excluding carboxylic acids is 1. The second kappa shape index (κ2) is 7.33. The monoisotopic (exact) mass is 314 g/mol. The van der Waals surface area contributed by atoms with Gasteiger partial charge in [-0.1, -0.05) is 18.2 Å². The zero-order valence-electron chi connectivity index (χ0n) is 13.4. The second-order valence-corrected chi connectivity index (χ2v) is 5.70. The first-order chi connectivity index (χ1) is 11.3. The second-order valence-electron chi connectivity index (χ2n) is 5.70. The van der Waals surface area contributed by atoms with Gasteiger partial charge < -0.3 is 18.9 Å². The molecule has 0 saturated carbocycles. The van der Waals surface area contributed by atoms with Crippen LogP contribution in [-0.4, -0.2) is 41.7 Å². The molecule has 122 valence electrons. The third-order valence-electron chi connectivity index (χ3n) is 4.11. The van der Waals surface area contributed by atoms with Gasteiger partial charge in [-0.3, -0.25) is 4.79 Å². The van der Waals surface area contributed by atoms with Gasteiger partial charge in [0.2, 0.25) is 5.91 Å². The topological polar surface area (TPSA) is 43.7 Å². The van der Waals surface area contributed by atoms with Crippen molar-refractivity contribution in [2.45, 2.75) is 25.6 Å². The van der Waals surface area contributed by atoms with Crippen molar-refractivity contribution in [2.24, 2.45) is 0 Å². The van der Waals surface area contributed by atoms with Gasteiger partial charge >= 0.3 is 0 Å². The molecular weight excluding hydrogens is 292 g/mol. The molecule has 1 aromatic carbocycles. The molecule has 23 heavy (non-hydrogen) atoms. The summed E-state index contributed by atoms with van der Waals surface area (Å²) in [5.74, 6) is 0.887. The van der Waals surface area contributed by atoms with E-state index in [4.69, 9.17) is 9.47 Å². The van der Waals surface area contributed by atoms with Crippen LogP contribution < -0.4 is 4.74 Å². The lowest BCUT2D eigenvalue weighted by Crippen LogP contribution is -2.37. The molecule has 0 spiro atoms. The highest BCUT2D eigenvalue weighted by Crippen LogP contribution is 2.16. The number of hydrogen-bond donors (Lipinski definition) is 0. The molecule has 0 aliphatic carbocycles. The molecule has 1 unspecified atom stereocenters. The summed E-state index contributed by atoms with van der Waals surface area (Å²) >= 11 is 0. The van der Waals surface area contributed by atoms with Crippen LogP contribution >= 0.6 is 0 Å². The van der Waals surface area contributed by atoms with Crippen LogP contribution in [0.5, 0.6) is 5.75 Å². The molecule has 3 rings (SSSR count). The molecule has 0 N–H and O–H groups in total. The Morgan fingerprint density at radius 1 is 1.17 bits per heavy atom. The van der Waals surface area contributed by atoms with Gasteiger partial charge in [0.05, 0.1) is 32.2 Å². The third-order valence-corrected chi connectivity index (χ3v) is 4.11. The van der Waals surface area contributed by atoms with Crippen molar-refractivity contribution in [3.05, 3.63) is 54.4 Å². The molecule has 0 radical (unpaired) electrons. The van der Waals surface area contributed by atoms with Crippen molar-refractivity contribution < 1.29 is 14.3 Å². The normalized spacial score (nSPS) is 17.4. The quantitative estimate of drug-likeness (QED) is 0.851. The van der Waals surface area contributed by atoms with Crippen molar-refractivity contribution in [1.29, 1.82) is 0 Å². The lowest BCUT2D eigenvalue weighted by molar-refractivity contribution is -0.133. The van der Waals surface area contributed by atoms with Gasteiger partial charge in [-0.25, -0.2) is 0 Å². The maximum Gasteiger partial charge on any atom is 0.226 e. The summed E-state index contributed by atoms with van der Waals surface area (Å²) in [6.45, 7) is 2.40. The van der Waals surface area contributed by atoms with Crippen LogP contribution in [0.25, 0.3) is 0 Å². The van der Waals surface area contributed by atoms with E-state index in [1.807, 2.05) is 47.5 Å². The molecular formula is C18H22N2O3. The molecule has 0 fully saturated rings. The van der Waals surface area contributed by atoms with Crippen LogP contribution in [0.15, 0.2) is 48.7 Å². The van der Waals surface area contributed by atoms with Crippen LogP contribution in [0.3, 0.4) is 0 Å². The van der Waals surface area contributed by atoms with Crippen LogP contribution in [0, 0.1) is 0 Å². The van der Waals surface area contributed by atoms with Crippen molar-refractivity contribution >= 4 is 5.91 Å². The number of nitrogens with zero attached hydrogens (tertiary/aromatic N) is 2. The first-order valence-corrected chi connectivity index (χ1v) is 7.88. The van der Waals surface area contributed by atoms with E-state index in [0.717, 1.165) is 18.0 Å². The van der Waals surface area contributed by atoms with E-state index in [1.54, 1.807) is 7.11 Å². The molecule has 1 aromatic heterocycles. The largest absolute Gasteiger partial charge is 0.493 e. The maximum absolute atomic E-state index is 12.5. The number of benzene rings is 1. The molecule has 0 saturated heterocycles. The van der Waals surface area contributed by atoms with Gasteiger partial charge in [-0.05, 0) is 24.3 Å². The van der Waals surface area contributed by atoms with Crippen LogP contribution in [0.4, 0.5) is 0 Å². The van der Waals surface area contributed by atoms with Gasteiger partial charge in [0, 0.05) is 25.5 Å². The predicted octanol–water partition coefficient (Wildman–Crippen LogP) is 2.31. The Balaban J connectivity index is 1.58. The van der Waals surface area contributed by atoms with E-state index in [1.165, 1.54) is 0 Å². The Labute approximate surface area is 136 Å². The summed E-state index contributed by atoms with van der Waals surface area (Å²) in [7, 11) is 1.69. The van der Waals surface area contributed by atoms with E-state index >= 15 is 0 Å². The number of para-hydroxylation sites is 1. The summed E-state index contributed by atoms with van der Waals surface area (Å²) < 4.78 is 13.3. The van der Waals surface area contributed by atoms with Crippen LogP contribution in [-0.2, 0) is 22.6 Å².